The van der Waals surface area contributed by atoms with Gasteiger partial charge in [-0.2, -0.15) is 0 Å². The zero-order valence-electron chi connectivity index (χ0n) is 7.59. The Balaban J connectivity index is 3.13. The predicted octanol–water partition coefficient (Wildman–Crippen LogP) is 1.47. The van der Waals surface area contributed by atoms with E-state index in [1.165, 1.54) is 0 Å². The zero-order valence-corrected chi connectivity index (χ0v) is 7.59. The number of rotatable bonds is 3. The topological polar surface area (TPSA) is 61.4 Å². The normalized spacial score (nSPS) is 9.38. The van der Waals surface area contributed by atoms with E-state index < -0.39 is 5.97 Å². The van der Waals surface area contributed by atoms with Crippen LogP contribution in [0.1, 0.15) is 10.4 Å². The molecule has 0 aliphatic carbocycles. The molecule has 3 N–H and O–H groups in total. The van der Waals surface area contributed by atoms with Gasteiger partial charge in [0.1, 0.15) is 0 Å². The first-order valence-corrected chi connectivity index (χ1v) is 3.92. The Labute approximate surface area is 76.6 Å². The maximum Gasteiger partial charge on any atom is 0.335 e. The highest BCUT2D eigenvalue weighted by atomic mass is 16.4. The van der Waals surface area contributed by atoms with E-state index in [0.29, 0.717) is 0 Å². The van der Waals surface area contributed by atoms with Crippen molar-refractivity contribution in [3.63, 3.8) is 0 Å². The summed E-state index contributed by atoms with van der Waals surface area (Å²) in [5.41, 5.74) is 1.94. The first kappa shape index (κ1) is 9.38. The molecule has 0 atom stereocenters. The molecule has 0 saturated heterocycles. The average Bonchev–Trinajstić information content (AvgIpc) is 2.16. The molecule has 0 unspecified atom stereocenters. The molecule has 0 heterocycles. The van der Waals surface area contributed by atoms with Crippen molar-refractivity contribution in [2.75, 3.05) is 24.7 Å². The number of anilines is 2. The molecule has 4 heteroatoms. The maximum atomic E-state index is 10.6. The quantitative estimate of drug-likeness (QED) is 0.659. The van der Waals surface area contributed by atoms with Gasteiger partial charge in [0, 0.05) is 14.1 Å². The van der Waals surface area contributed by atoms with Crippen LogP contribution in [0.5, 0.6) is 0 Å². The summed E-state index contributed by atoms with van der Waals surface area (Å²) >= 11 is 0. The van der Waals surface area contributed by atoms with Gasteiger partial charge in [0.25, 0.3) is 0 Å². The molecule has 1 aromatic rings. The van der Waals surface area contributed by atoms with Gasteiger partial charge in [0.15, 0.2) is 0 Å². The van der Waals surface area contributed by atoms with Crippen LogP contribution >= 0.6 is 0 Å². The molecular weight excluding hydrogens is 168 g/mol. The summed E-state index contributed by atoms with van der Waals surface area (Å²) < 4.78 is 0. The number of carboxylic acid groups (broad SMARTS) is 1. The van der Waals surface area contributed by atoms with Crippen LogP contribution in [0.2, 0.25) is 0 Å². The molecule has 0 aliphatic heterocycles. The lowest BCUT2D eigenvalue weighted by Crippen LogP contribution is -2.01. The van der Waals surface area contributed by atoms with Gasteiger partial charge >= 0.3 is 5.97 Å². The number of nitrogens with one attached hydrogen (secondary N) is 2. The molecule has 0 amide bonds. The highest BCUT2D eigenvalue weighted by molar-refractivity contribution is 5.90. The first-order valence-electron chi connectivity index (χ1n) is 3.92. The van der Waals surface area contributed by atoms with Crippen LogP contribution in [-0.4, -0.2) is 25.2 Å². The lowest BCUT2D eigenvalue weighted by Gasteiger charge is -2.08. The summed E-state index contributed by atoms with van der Waals surface area (Å²) in [4.78, 5) is 10.6. The molecule has 13 heavy (non-hydrogen) atoms. The molecule has 4 nitrogen and oxygen atoms in total. The van der Waals surface area contributed by atoms with E-state index in [1.54, 1.807) is 32.3 Å². The summed E-state index contributed by atoms with van der Waals surface area (Å²) in [6.07, 6.45) is 0. The van der Waals surface area contributed by atoms with E-state index in [0.717, 1.165) is 11.4 Å². The minimum Gasteiger partial charge on any atom is -0.478 e. The standard InChI is InChI=1S/C9H12N2O2/c1-10-7-4-3-6(9(12)13)5-8(7)11-2/h3-5,10-11H,1-2H3,(H,12,13). The van der Waals surface area contributed by atoms with Gasteiger partial charge in [-0.05, 0) is 18.2 Å². The van der Waals surface area contributed by atoms with Crippen molar-refractivity contribution < 1.29 is 9.90 Å². The van der Waals surface area contributed by atoms with E-state index in [-0.39, 0.29) is 5.56 Å². The van der Waals surface area contributed by atoms with Gasteiger partial charge in [-0.3, -0.25) is 0 Å². The molecule has 0 aliphatic rings. The van der Waals surface area contributed by atoms with Gasteiger partial charge < -0.3 is 15.7 Å². The van der Waals surface area contributed by atoms with Crippen LogP contribution in [0, 0.1) is 0 Å². The van der Waals surface area contributed by atoms with Crippen molar-refractivity contribution in [2.45, 2.75) is 0 Å². The molecule has 70 valence electrons. The number of carbonyl (C=O) groups is 1. The summed E-state index contributed by atoms with van der Waals surface area (Å²) in [5, 5.41) is 14.6. The lowest BCUT2D eigenvalue weighted by molar-refractivity contribution is 0.0697. The molecule has 0 bridgehead atoms. The van der Waals surface area contributed by atoms with Gasteiger partial charge in [-0.1, -0.05) is 0 Å². The monoisotopic (exact) mass is 180 g/mol. The molecule has 0 saturated carbocycles. The van der Waals surface area contributed by atoms with Crippen molar-refractivity contribution in [1.29, 1.82) is 0 Å². The van der Waals surface area contributed by atoms with Crippen LogP contribution in [0.3, 0.4) is 0 Å². The molecular formula is C9H12N2O2. The van der Waals surface area contributed by atoms with Gasteiger partial charge in [-0.25, -0.2) is 4.79 Å². The minimum absolute atomic E-state index is 0.281. The van der Waals surface area contributed by atoms with E-state index >= 15 is 0 Å². The second-order valence-electron chi connectivity index (χ2n) is 2.57. The van der Waals surface area contributed by atoms with Crippen LogP contribution in [0.4, 0.5) is 11.4 Å². The van der Waals surface area contributed by atoms with E-state index in [1.807, 2.05) is 0 Å². The van der Waals surface area contributed by atoms with Crippen LogP contribution in [0.15, 0.2) is 18.2 Å². The number of benzene rings is 1. The second kappa shape index (κ2) is 3.80. The largest absolute Gasteiger partial charge is 0.478 e. The molecule has 0 radical (unpaired) electrons. The summed E-state index contributed by atoms with van der Waals surface area (Å²) in [6.45, 7) is 0. The van der Waals surface area contributed by atoms with Crippen molar-refractivity contribution in [3.8, 4) is 0 Å². The summed E-state index contributed by atoms with van der Waals surface area (Å²) in [7, 11) is 3.54. The zero-order chi connectivity index (χ0) is 9.84. The Morgan fingerprint density at radius 1 is 1.23 bits per heavy atom. The Kier molecular flexibility index (Phi) is 2.74. The van der Waals surface area contributed by atoms with Crippen molar-refractivity contribution in [2.24, 2.45) is 0 Å². The number of aromatic carboxylic acids is 1. The Bertz CT molecular complexity index is 323. The van der Waals surface area contributed by atoms with E-state index in [9.17, 15) is 4.79 Å². The highest BCUT2D eigenvalue weighted by Gasteiger charge is 2.05. The summed E-state index contributed by atoms with van der Waals surface area (Å²) in [5.74, 6) is -0.917. The van der Waals surface area contributed by atoms with E-state index in [4.69, 9.17) is 5.11 Å². The fourth-order valence-corrected chi connectivity index (χ4v) is 1.10. The Hall–Kier alpha value is -1.71. The molecule has 1 rings (SSSR count). The highest BCUT2D eigenvalue weighted by Crippen LogP contribution is 2.21. The van der Waals surface area contributed by atoms with Crippen LogP contribution in [-0.2, 0) is 0 Å². The Morgan fingerprint density at radius 3 is 2.31 bits per heavy atom. The SMILES string of the molecule is CNc1ccc(C(=O)O)cc1NC. The second-order valence-corrected chi connectivity index (χ2v) is 2.57. The van der Waals surface area contributed by atoms with Gasteiger partial charge in [0.05, 0.1) is 16.9 Å². The number of hydrogen-bond donors (Lipinski definition) is 3. The Morgan fingerprint density at radius 2 is 1.85 bits per heavy atom. The fraction of sp³-hybridized carbons (Fsp3) is 0.222. The van der Waals surface area contributed by atoms with Gasteiger partial charge in [-0.15, -0.1) is 0 Å². The third kappa shape index (κ3) is 1.90. The molecule has 0 fully saturated rings. The van der Waals surface area contributed by atoms with Crippen molar-refractivity contribution >= 4 is 17.3 Å². The number of hydrogen-bond acceptors (Lipinski definition) is 3. The average molecular weight is 180 g/mol. The van der Waals surface area contributed by atoms with E-state index in [2.05, 4.69) is 10.6 Å². The third-order valence-corrected chi connectivity index (χ3v) is 1.81. The van der Waals surface area contributed by atoms with Gasteiger partial charge in [0.2, 0.25) is 0 Å². The number of carboxylic acids is 1. The minimum atomic E-state index is -0.917. The summed E-state index contributed by atoms with van der Waals surface area (Å²) in [6, 6.07) is 4.89. The third-order valence-electron chi connectivity index (χ3n) is 1.81. The predicted molar refractivity (Wildman–Crippen MR) is 52.5 cm³/mol. The molecule has 0 aromatic heterocycles. The van der Waals surface area contributed by atoms with Crippen molar-refractivity contribution in [1.82, 2.24) is 0 Å². The molecule has 1 aromatic carbocycles. The van der Waals surface area contributed by atoms with Crippen LogP contribution < -0.4 is 10.6 Å². The fourth-order valence-electron chi connectivity index (χ4n) is 1.10. The lowest BCUT2D eigenvalue weighted by atomic mass is 10.1. The first-order chi connectivity index (χ1) is 6.19. The molecule has 0 spiro atoms. The maximum absolute atomic E-state index is 10.6. The van der Waals surface area contributed by atoms with Crippen molar-refractivity contribution in [3.05, 3.63) is 23.8 Å². The van der Waals surface area contributed by atoms with Crippen LogP contribution in [0.25, 0.3) is 0 Å². The smallest absolute Gasteiger partial charge is 0.335 e.